The van der Waals surface area contributed by atoms with E-state index in [0.29, 0.717) is 5.92 Å². The van der Waals surface area contributed by atoms with Gasteiger partial charge < -0.3 is 14.3 Å². The average Bonchev–Trinajstić information content (AvgIpc) is 1.95. The quantitative estimate of drug-likeness (QED) is 0.685. The summed E-state index contributed by atoms with van der Waals surface area (Å²) in [6, 6.07) is 0. The molecule has 0 aromatic rings. The van der Waals surface area contributed by atoms with Crippen molar-refractivity contribution in [1.82, 2.24) is 0 Å². The minimum absolute atomic E-state index is 0.452. The van der Waals surface area contributed by atoms with E-state index in [1.54, 1.807) is 0 Å². The standard InChI is InChI=1S/C10H23O3PS/c1-5-6-7-10(4,8-9(2)3)13-14(11,12)15/h9H,5-8H2,1-4H3,(H2,11,12,15). The van der Waals surface area contributed by atoms with Crippen molar-refractivity contribution >= 4 is 18.5 Å². The van der Waals surface area contributed by atoms with Gasteiger partial charge in [0.25, 0.3) is 0 Å². The molecule has 1 unspecified atom stereocenters. The van der Waals surface area contributed by atoms with Crippen LogP contribution in [-0.2, 0) is 16.3 Å². The molecule has 3 nitrogen and oxygen atoms in total. The monoisotopic (exact) mass is 254 g/mol. The van der Waals surface area contributed by atoms with Gasteiger partial charge in [0, 0.05) is 0 Å². The first kappa shape index (κ1) is 15.5. The van der Waals surface area contributed by atoms with Gasteiger partial charge >= 0.3 is 6.72 Å². The van der Waals surface area contributed by atoms with Crippen molar-refractivity contribution in [3.05, 3.63) is 0 Å². The molecule has 0 heterocycles. The van der Waals surface area contributed by atoms with Crippen LogP contribution in [-0.4, -0.2) is 15.4 Å². The first-order valence-electron chi connectivity index (χ1n) is 5.45. The summed E-state index contributed by atoms with van der Waals surface area (Å²) in [5.41, 5.74) is -0.497. The van der Waals surface area contributed by atoms with Crippen LogP contribution in [0.25, 0.3) is 0 Å². The third-order valence-corrected chi connectivity index (χ3v) is 3.14. The maximum Gasteiger partial charge on any atom is 0.322 e. The van der Waals surface area contributed by atoms with Crippen molar-refractivity contribution in [3.8, 4) is 0 Å². The van der Waals surface area contributed by atoms with Crippen molar-refractivity contribution < 1.29 is 14.3 Å². The average molecular weight is 254 g/mol. The molecule has 0 aromatic heterocycles. The van der Waals surface area contributed by atoms with Gasteiger partial charge in [-0.2, -0.15) is 0 Å². The van der Waals surface area contributed by atoms with Crippen LogP contribution in [0.3, 0.4) is 0 Å². The summed E-state index contributed by atoms with van der Waals surface area (Å²) in [7, 11) is 0. The Morgan fingerprint density at radius 3 is 2.27 bits per heavy atom. The van der Waals surface area contributed by atoms with Gasteiger partial charge in [0.2, 0.25) is 0 Å². The van der Waals surface area contributed by atoms with Crippen LogP contribution in [0, 0.1) is 5.92 Å². The fourth-order valence-corrected chi connectivity index (χ4v) is 3.17. The molecule has 0 fully saturated rings. The predicted molar refractivity (Wildman–Crippen MR) is 67.2 cm³/mol. The fraction of sp³-hybridized carbons (Fsp3) is 1.00. The molecule has 0 aromatic carbocycles. The lowest BCUT2D eigenvalue weighted by atomic mass is 9.90. The first-order chi connectivity index (χ1) is 6.68. The minimum atomic E-state index is -3.55. The van der Waals surface area contributed by atoms with E-state index < -0.39 is 12.3 Å². The SMILES string of the molecule is CCCCC(C)(CC(C)C)OP(O)(O)=S. The van der Waals surface area contributed by atoms with E-state index in [2.05, 4.69) is 32.6 Å². The first-order valence-corrected chi connectivity index (χ1v) is 8.07. The van der Waals surface area contributed by atoms with Crippen molar-refractivity contribution in [3.63, 3.8) is 0 Å². The number of rotatable bonds is 7. The van der Waals surface area contributed by atoms with Crippen LogP contribution in [0.1, 0.15) is 53.4 Å². The summed E-state index contributed by atoms with van der Waals surface area (Å²) in [6.45, 7) is 4.64. The second-order valence-electron chi connectivity index (χ2n) is 4.73. The van der Waals surface area contributed by atoms with E-state index in [4.69, 9.17) is 4.52 Å². The summed E-state index contributed by atoms with van der Waals surface area (Å²) in [6.07, 6.45) is 3.70. The second-order valence-corrected chi connectivity index (χ2v) is 7.32. The highest BCUT2D eigenvalue weighted by atomic mass is 32.5. The minimum Gasteiger partial charge on any atom is -0.325 e. The molecule has 15 heavy (non-hydrogen) atoms. The van der Waals surface area contributed by atoms with Gasteiger partial charge in [0.1, 0.15) is 0 Å². The van der Waals surface area contributed by atoms with E-state index >= 15 is 0 Å². The van der Waals surface area contributed by atoms with Crippen LogP contribution in [0.2, 0.25) is 0 Å². The lowest BCUT2D eigenvalue weighted by Crippen LogP contribution is -2.29. The molecule has 0 aliphatic heterocycles. The van der Waals surface area contributed by atoms with Gasteiger partial charge in [-0.15, -0.1) is 0 Å². The van der Waals surface area contributed by atoms with Crippen LogP contribution in [0.15, 0.2) is 0 Å². The maximum absolute atomic E-state index is 9.22. The second kappa shape index (κ2) is 6.31. The van der Waals surface area contributed by atoms with Crippen LogP contribution in [0.5, 0.6) is 0 Å². The topological polar surface area (TPSA) is 49.7 Å². The molecule has 0 rings (SSSR count). The molecule has 0 amide bonds. The normalized spacial score (nSPS) is 16.7. The molecule has 5 heteroatoms. The summed E-state index contributed by atoms with van der Waals surface area (Å²) >= 11 is 4.54. The van der Waals surface area contributed by atoms with Crippen LogP contribution in [0.4, 0.5) is 0 Å². The zero-order chi connectivity index (χ0) is 12.1. The molecule has 0 saturated heterocycles. The lowest BCUT2D eigenvalue weighted by Gasteiger charge is -2.32. The highest BCUT2D eigenvalue weighted by Crippen LogP contribution is 2.45. The predicted octanol–water partition coefficient (Wildman–Crippen LogP) is 3.21. The van der Waals surface area contributed by atoms with E-state index in [-0.39, 0.29) is 0 Å². The van der Waals surface area contributed by atoms with Crippen molar-refractivity contribution in [2.24, 2.45) is 5.92 Å². The number of hydrogen-bond donors (Lipinski definition) is 2. The Balaban J connectivity index is 4.47. The maximum atomic E-state index is 9.22. The highest BCUT2D eigenvalue weighted by molar-refractivity contribution is 8.06. The number of hydrogen-bond acceptors (Lipinski definition) is 2. The van der Waals surface area contributed by atoms with Gasteiger partial charge in [0.15, 0.2) is 0 Å². The Morgan fingerprint density at radius 1 is 1.40 bits per heavy atom. The summed E-state index contributed by atoms with van der Waals surface area (Å²) in [5, 5.41) is 0. The van der Waals surface area contributed by atoms with E-state index in [1.165, 1.54) is 0 Å². The third kappa shape index (κ3) is 8.35. The molecule has 0 aliphatic rings. The largest absolute Gasteiger partial charge is 0.325 e. The Kier molecular flexibility index (Phi) is 6.53. The zero-order valence-corrected chi connectivity index (χ0v) is 11.8. The van der Waals surface area contributed by atoms with Crippen molar-refractivity contribution in [1.29, 1.82) is 0 Å². The van der Waals surface area contributed by atoms with Gasteiger partial charge in [-0.1, -0.05) is 33.6 Å². The summed E-state index contributed by atoms with van der Waals surface area (Å²) in [5.74, 6) is 0.452. The van der Waals surface area contributed by atoms with Gasteiger partial charge in [-0.3, -0.25) is 0 Å². The molecule has 2 N–H and O–H groups in total. The molecular formula is C10H23O3PS. The zero-order valence-electron chi connectivity index (χ0n) is 10.1. The number of unbranched alkanes of at least 4 members (excludes halogenated alkanes) is 1. The molecular weight excluding hydrogens is 231 g/mol. The highest BCUT2D eigenvalue weighted by Gasteiger charge is 2.31. The van der Waals surface area contributed by atoms with Crippen molar-refractivity contribution in [2.45, 2.75) is 59.0 Å². The van der Waals surface area contributed by atoms with Crippen molar-refractivity contribution in [2.75, 3.05) is 0 Å². The molecule has 0 saturated carbocycles. The van der Waals surface area contributed by atoms with Gasteiger partial charge in [0.05, 0.1) is 5.60 Å². The van der Waals surface area contributed by atoms with Gasteiger partial charge in [-0.05, 0) is 37.5 Å². The summed E-state index contributed by atoms with van der Waals surface area (Å²) in [4.78, 5) is 18.4. The molecule has 0 radical (unpaired) electrons. The van der Waals surface area contributed by atoms with E-state index in [0.717, 1.165) is 25.7 Å². The fourth-order valence-electron chi connectivity index (χ4n) is 1.89. The Hall–Kier alpha value is 0.530. The molecule has 0 spiro atoms. The van der Waals surface area contributed by atoms with E-state index in [9.17, 15) is 9.79 Å². The smallest absolute Gasteiger partial charge is 0.322 e. The summed E-state index contributed by atoms with van der Waals surface area (Å²) < 4.78 is 5.28. The van der Waals surface area contributed by atoms with Crippen LogP contribution < -0.4 is 0 Å². The Bertz CT molecular complexity index is 227. The Morgan fingerprint density at radius 2 is 1.93 bits per heavy atom. The van der Waals surface area contributed by atoms with E-state index in [1.807, 2.05) is 6.92 Å². The van der Waals surface area contributed by atoms with Crippen LogP contribution >= 0.6 is 6.72 Å². The molecule has 92 valence electrons. The molecule has 0 aliphatic carbocycles. The van der Waals surface area contributed by atoms with Gasteiger partial charge in [-0.25, -0.2) is 0 Å². The third-order valence-electron chi connectivity index (χ3n) is 2.24. The molecule has 1 atom stereocenters. The lowest BCUT2D eigenvalue weighted by molar-refractivity contribution is 0.0402. The molecule has 0 bridgehead atoms. The Labute approximate surface area is 98.1 Å².